The zero-order valence-corrected chi connectivity index (χ0v) is 27.3. The predicted molar refractivity (Wildman–Crippen MR) is 190 cm³/mol. The number of hydrogen-bond donors (Lipinski definition) is 0. The van der Waals surface area contributed by atoms with Crippen molar-refractivity contribution < 1.29 is 0 Å². The number of benzene rings is 6. The minimum Gasteiger partial charge on any atom is -0.0616 e. The first-order valence-corrected chi connectivity index (χ1v) is 16.6. The quantitative estimate of drug-likeness (QED) is 0.174. The second-order valence-electron chi connectivity index (χ2n) is 12.0. The van der Waals surface area contributed by atoms with Crippen molar-refractivity contribution >= 4 is 64.6 Å². The number of fused-ring (bicyclic) bond motifs is 4. The third-order valence-corrected chi connectivity index (χ3v) is 11.0. The van der Waals surface area contributed by atoms with Gasteiger partial charge in [-0.25, -0.2) is 0 Å². The Morgan fingerprint density at radius 1 is 0.465 bits per heavy atom. The van der Waals surface area contributed by atoms with Crippen molar-refractivity contribution in [1.82, 2.24) is 0 Å². The highest BCUT2D eigenvalue weighted by atomic mass is 79.9. The summed E-state index contributed by atoms with van der Waals surface area (Å²) in [7, 11) is 0. The van der Waals surface area contributed by atoms with Gasteiger partial charge in [0.2, 0.25) is 0 Å². The van der Waals surface area contributed by atoms with Crippen LogP contribution in [0.15, 0.2) is 141 Å². The van der Waals surface area contributed by atoms with E-state index < -0.39 is 0 Å². The fourth-order valence-electron chi connectivity index (χ4n) is 7.68. The molecule has 0 spiro atoms. The zero-order valence-electron chi connectivity index (χ0n) is 24.2. The Labute approximate surface area is 270 Å². The van der Waals surface area contributed by atoms with E-state index in [1.807, 2.05) is 0 Å². The Bertz CT molecular complexity index is 2010. The lowest BCUT2D eigenvalue weighted by atomic mass is 9.82. The Hall–Kier alpha value is -3.72. The minimum atomic E-state index is 0.330. The van der Waals surface area contributed by atoms with Crippen LogP contribution in [-0.4, -0.2) is 0 Å². The van der Waals surface area contributed by atoms with Crippen molar-refractivity contribution in [2.75, 3.05) is 0 Å². The van der Waals surface area contributed by atoms with Crippen LogP contribution in [0.5, 0.6) is 0 Å². The molecule has 0 N–H and O–H groups in total. The maximum atomic E-state index is 3.96. The van der Waals surface area contributed by atoms with Gasteiger partial charge in [-0.3, -0.25) is 0 Å². The molecule has 0 nitrogen and oxygen atoms in total. The molecule has 2 aliphatic carbocycles. The first-order valence-electron chi connectivity index (χ1n) is 15.0. The summed E-state index contributed by atoms with van der Waals surface area (Å²) in [5, 5.41) is 5.12. The predicted octanol–water partition coefficient (Wildman–Crippen LogP) is 12.4. The van der Waals surface area contributed by atoms with Crippen molar-refractivity contribution in [3.8, 4) is 0 Å². The van der Waals surface area contributed by atoms with Crippen molar-refractivity contribution in [3.63, 3.8) is 0 Å². The Balaban J connectivity index is 1.27. The van der Waals surface area contributed by atoms with Crippen LogP contribution in [0.25, 0.3) is 32.7 Å². The third kappa shape index (κ3) is 4.30. The first kappa shape index (κ1) is 26.9. The largest absolute Gasteiger partial charge is 0.0616 e. The number of hydrogen-bond acceptors (Lipinski definition) is 0. The number of halogens is 2. The topological polar surface area (TPSA) is 0 Å². The first-order chi connectivity index (χ1) is 21.0. The van der Waals surface area contributed by atoms with Crippen molar-refractivity contribution in [3.05, 3.63) is 175 Å². The summed E-state index contributed by atoms with van der Waals surface area (Å²) in [5.74, 6) is 0.661. The molecular weight excluding hydrogens is 652 g/mol. The van der Waals surface area contributed by atoms with E-state index >= 15 is 0 Å². The van der Waals surface area contributed by atoms with Gasteiger partial charge in [0.15, 0.2) is 0 Å². The highest BCUT2D eigenvalue weighted by Crippen LogP contribution is 2.56. The van der Waals surface area contributed by atoms with E-state index in [1.54, 1.807) is 0 Å². The Morgan fingerprint density at radius 2 is 0.884 bits per heavy atom. The molecule has 43 heavy (non-hydrogen) atoms. The van der Waals surface area contributed by atoms with Crippen LogP contribution in [0.3, 0.4) is 0 Å². The van der Waals surface area contributed by atoms with Gasteiger partial charge in [-0.1, -0.05) is 140 Å². The van der Waals surface area contributed by atoms with Gasteiger partial charge in [-0.05, 0) is 99.5 Å². The zero-order chi connectivity index (χ0) is 29.2. The molecule has 6 aromatic carbocycles. The van der Waals surface area contributed by atoms with Crippen LogP contribution in [0, 0.1) is 0 Å². The molecule has 0 saturated carbocycles. The van der Waals surface area contributed by atoms with E-state index in [0.717, 1.165) is 6.42 Å². The van der Waals surface area contributed by atoms with Gasteiger partial charge in [-0.2, -0.15) is 0 Å². The van der Waals surface area contributed by atoms with Crippen LogP contribution in [-0.2, 0) is 0 Å². The van der Waals surface area contributed by atoms with E-state index in [9.17, 15) is 0 Å². The monoisotopic (exact) mass is 680 g/mol. The van der Waals surface area contributed by atoms with Crippen LogP contribution in [0.2, 0.25) is 0 Å². The molecule has 0 aromatic heterocycles. The molecule has 2 heteroatoms. The Kier molecular flexibility index (Phi) is 6.54. The van der Waals surface area contributed by atoms with Crippen molar-refractivity contribution in [2.24, 2.45) is 0 Å². The minimum absolute atomic E-state index is 0.330. The molecular formula is C41H30Br2. The van der Waals surface area contributed by atoms with Gasteiger partial charge in [0.25, 0.3) is 0 Å². The van der Waals surface area contributed by atoms with E-state index in [1.165, 1.54) is 86.2 Å². The molecule has 0 radical (unpaired) electrons. The molecule has 6 aromatic rings. The molecule has 0 amide bonds. The maximum Gasteiger partial charge on any atom is 0.0256 e. The van der Waals surface area contributed by atoms with Crippen molar-refractivity contribution in [2.45, 2.75) is 32.1 Å². The van der Waals surface area contributed by atoms with Crippen molar-refractivity contribution in [1.29, 1.82) is 0 Å². The van der Waals surface area contributed by atoms with Crippen LogP contribution >= 0.6 is 31.9 Å². The second kappa shape index (κ2) is 10.5. The lowest BCUT2D eigenvalue weighted by Gasteiger charge is -2.22. The van der Waals surface area contributed by atoms with E-state index in [4.69, 9.17) is 0 Å². The van der Waals surface area contributed by atoms with E-state index in [2.05, 4.69) is 167 Å². The molecule has 0 aliphatic heterocycles. The molecule has 208 valence electrons. The molecule has 0 heterocycles. The lowest BCUT2D eigenvalue weighted by molar-refractivity contribution is 0.641. The standard InChI is InChI=1S/C41H30Br2/c1-24-34(32-13-7-15-36(42)40(32)38(24)30-19-17-26-9-3-5-11-28(26)21-30)23-35-25(2)39(41-33(35)14-8-16-37(41)43)31-20-18-27-10-4-6-12-29(27)22-31/h3-22,34-35H,23H2,1-2H3. The van der Waals surface area contributed by atoms with Gasteiger partial charge >= 0.3 is 0 Å². The molecule has 0 fully saturated rings. The molecule has 2 aliphatic rings. The highest BCUT2D eigenvalue weighted by molar-refractivity contribution is 9.10. The van der Waals surface area contributed by atoms with Gasteiger partial charge in [0.1, 0.15) is 0 Å². The summed E-state index contributed by atoms with van der Waals surface area (Å²) >= 11 is 7.92. The summed E-state index contributed by atoms with van der Waals surface area (Å²) in [5.41, 5.74) is 13.8. The van der Waals surface area contributed by atoms with E-state index in [-0.39, 0.29) is 0 Å². The highest BCUT2D eigenvalue weighted by Gasteiger charge is 2.37. The lowest BCUT2D eigenvalue weighted by Crippen LogP contribution is -2.06. The number of rotatable bonds is 4. The van der Waals surface area contributed by atoms with Gasteiger partial charge in [0, 0.05) is 31.9 Å². The average molecular weight is 682 g/mol. The Morgan fingerprint density at radius 3 is 1.33 bits per heavy atom. The summed E-state index contributed by atoms with van der Waals surface area (Å²) in [6.45, 7) is 4.73. The smallest absolute Gasteiger partial charge is 0.0256 e. The van der Waals surface area contributed by atoms with Crippen LogP contribution in [0.1, 0.15) is 65.5 Å². The normalized spacial score (nSPS) is 17.7. The fourth-order valence-corrected chi connectivity index (χ4v) is 8.84. The maximum absolute atomic E-state index is 3.96. The molecule has 8 rings (SSSR count). The summed E-state index contributed by atoms with van der Waals surface area (Å²) < 4.78 is 2.35. The van der Waals surface area contributed by atoms with Gasteiger partial charge in [0.05, 0.1) is 0 Å². The SMILES string of the molecule is CC1=C(c2ccc3ccccc3c2)c2c(Br)cccc2C1CC1C(C)=C(c2ccc3ccccc3c2)c2c(Br)cccc21. The summed E-state index contributed by atoms with van der Waals surface area (Å²) in [6, 6.07) is 44.7. The summed E-state index contributed by atoms with van der Waals surface area (Å²) in [4.78, 5) is 0. The van der Waals surface area contributed by atoms with Crippen LogP contribution in [0.4, 0.5) is 0 Å². The van der Waals surface area contributed by atoms with E-state index in [0.29, 0.717) is 11.8 Å². The van der Waals surface area contributed by atoms with Crippen LogP contribution < -0.4 is 0 Å². The molecule has 0 saturated heterocycles. The second-order valence-corrected chi connectivity index (χ2v) is 13.7. The third-order valence-electron chi connectivity index (χ3n) is 9.72. The molecule has 2 unspecified atom stereocenters. The van der Waals surface area contributed by atoms with Gasteiger partial charge < -0.3 is 0 Å². The molecule has 2 atom stereocenters. The fraction of sp³-hybridized carbons (Fsp3) is 0.122. The average Bonchev–Trinajstić information content (AvgIpc) is 3.48. The van der Waals surface area contributed by atoms with Gasteiger partial charge in [-0.15, -0.1) is 0 Å². The summed E-state index contributed by atoms with van der Waals surface area (Å²) in [6.07, 6.45) is 1.04. The number of allylic oxidation sites excluding steroid dienone is 2. The molecule has 0 bridgehead atoms.